The Balaban J connectivity index is 0. The van der Waals surface area contributed by atoms with Crippen molar-refractivity contribution in [3.05, 3.63) is 0 Å². The van der Waals surface area contributed by atoms with Crippen LogP contribution in [-0.4, -0.2) is 23.9 Å². The van der Waals surface area contributed by atoms with Crippen molar-refractivity contribution < 1.29 is 62.9 Å². The first-order valence-corrected chi connectivity index (χ1v) is 0. The van der Waals surface area contributed by atoms with Crippen molar-refractivity contribution in [3.63, 3.8) is 0 Å². The summed E-state index contributed by atoms with van der Waals surface area (Å²) < 4.78 is 0. The van der Waals surface area contributed by atoms with Gasteiger partial charge in [0.15, 0.2) is 0 Å². The second kappa shape index (κ2) is 16.9. The third-order valence-corrected chi connectivity index (χ3v) is 0. The Morgan fingerprint density at radius 1 is 0.750 bits per heavy atom. The zero-order valence-electron chi connectivity index (χ0n) is 2.06. The first-order chi connectivity index (χ1) is 0. The zero-order chi connectivity index (χ0) is 0. The fourth-order valence-corrected chi connectivity index (χ4v) is 0. The van der Waals surface area contributed by atoms with E-state index < -0.39 is 0 Å². The van der Waals surface area contributed by atoms with Crippen molar-refractivity contribution in [1.82, 2.24) is 0 Å². The summed E-state index contributed by atoms with van der Waals surface area (Å²) in [6.45, 7) is 0. The average molecular weight is 318 g/mol. The summed E-state index contributed by atoms with van der Waals surface area (Å²) in [5.74, 6) is 0. The maximum absolute atomic E-state index is 0. The van der Waals surface area contributed by atoms with Crippen molar-refractivity contribution in [2.24, 2.45) is 0 Å². The molecule has 0 aromatic rings. The van der Waals surface area contributed by atoms with Gasteiger partial charge in [0.25, 0.3) is 0 Å². The number of hydrogen-bond acceptors (Lipinski definition) is 0. The van der Waals surface area contributed by atoms with Gasteiger partial charge in [-0.2, -0.15) is 0 Å². The standard InChI is InChI=1S/Ru.Sn.2Ti.2H. The van der Waals surface area contributed by atoms with Gasteiger partial charge in [-0.15, -0.1) is 0 Å². The van der Waals surface area contributed by atoms with Crippen LogP contribution in [0.25, 0.3) is 0 Å². The van der Waals surface area contributed by atoms with E-state index in [-0.39, 0.29) is 86.8 Å². The molecule has 0 spiro atoms. The van der Waals surface area contributed by atoms with E-state index in [4.69, 9.17) is 0 Å². The molecule has 0 saturated heterocycles. The molecule has 0 N–H and O–H groups in total. The van der Waals surface area contributed by atoms with Crippen molar-refractivity contribution in [2.75, 3.05) is 0 Å². The van der Waals surface area contributed by atoms with E-state index in [1.807, 2.05) is 0 Å². The normalized spacial score (nSPS) is 0. The first kappa shape index (κ1) is 28.9. The molecule has 0 unspecified atom stereocenters. The Kier molecular flexibility index (Phi) is 122. The van der Waals surface area contributed by atoms with Gasteiger partial charge in [-0.05, 0) is 0 Å². The Hall–Kier alpha value is 2.85. The van der Waals surface area contributed by atoms with Gasteiger partial charge in [-0.1, -0.05) is 0 Å². The van der Waals surface area contributed by atoms with Crippen LogP contribution in [-0.2, 0) is 62.9 Å². The van der Waals surface area contributed by atoms with Crippen LogP contribution in [0.1, 0.15) is 0 Å². The molecule has 0 aliphatic heterocycles. The summed E-state index contributed by atoms with van der Waals surface area (Å²) in [5, 5.41) is 0. The summed E-state index contributed by atoms with van der Waals surface area (Å²) in [6, 6.07) is 0. The maximum atomic E-state index is 0. The number of hydrogen-bond donors (Lipinski definition) is 0. The molecule has 2 radical (unpaired) electrons. The number of rotatable bonds is 0. The minimum Gasteiger partial charge on any atom is 0 e. The molecule has 0 heterocycles. The summed E-state index contributed by atoms with van der Waals surface area (Å²) in [5.41, 5.74) is 0. The molecule has 0 aliphatic rings. The largest absolute Gasteiger partial charge is 0 e. The van der Waals surface area contributed by atoms with Crippen LogP contribution in [0.4, 0.5) is 0 Å². The molecule has 0 rings (SSSR count). The van der Waals surface area contributed by atoms with Gasteiger partial charge in [-0.3, -0.25) is 0 Å². The van der Waals surface area contributed by atoms with Crippen molar-refractivity contribution in [2.45, 2.75) is 0 Å². The topological polar surface area (TPSA) is 0 Å². The maximum Gasteiger partial charge on any atom is 0 e. The molecule has 0 amide bonds. The predicted molar refractivity (Wildman–Crippen MR) is 8.54 cm³/mol. The Bertz CT molecular complexity index is 6.00. The van der Waals surface area contributed by atoms with Crippen LogP contribution in [0.3, 0.4) is 0 Å². The summed E-state index contributed by atoms with van der Waals surface area (Å²) >= 11 is 0. The van der Waals surface area contributed by atoms with Crippen LogP contribution >= 0.6 is 0 Å². The molecule has 0 atom stereocenters. The SMILES string of the molecule is [Ru].[SnH2].[Ti].[Ti]. The van der Waals surface area contributed by atoms with E-state index in [0.29, 0.717) is 0 Å². The third-order valence-electron chi connectivity index (χ3n) is 0. The Morgan fingerprint density at radius 2 is 0.750 bits per heavy atom. The monoisotopic (exact) mass is 320 g/mol. The van der Waals surface area contributed by atoms with Gasteiger partial charge >= 0.3 is 23.9 Å². The van der Waals surface area contributed by atoms with Gasteiger partial charge in [0.05, 0.1) is 0 Å². The van der Waals surface area contributed by atoms with Crippen molar-refractivity contribution in [3.8, 4) is 0 Å². The van der Waals surface area contributed by atoms with Gasteiger partial charge in [0.1, 0.15) is 0 Å². The van der Waals surface area contributed by atoms with Crippen molar-refractivity contribution in [1.29, 1.82) is 0 Å². The Morgan fingerprint density at radius 3 is 0.750 bits per heavy atom. The molecule has 0 nitrogen and oxygen atoms in total. The second-order valence-corrected chi connectivity index (χ2v) is 0. The molecule has 0 saturated carbocycles. The molecular weight excluding hydrogens is 316 g/mol. The summed E-state index contributed by atoms with van der Waals surface area (Å²) in [6.07, 6.45) is 0. The van der Waals surface area contributed by atoms with E-state index in [1.54, 1.807) is 0 Å². The third kappa shape index (κ3) is 8.85. The van der Waals surface area contributed by atoms with Gasteiger partial charge in [0.2, 0.25) is 0 Å². The van der Waals surface area contributed by atoms with Crippen molar-refractivity contribution >= 4 is 23.9 Å². The minimum absolute atomic E-state index is 0. The first-order valence-electron chi connectivity index (χ1n) is 0. The minimum atomic E-state index is 0. The van der Waals surface area contributed by atoms with Crippen LogP contribution in [0.15, 0.2) is 0 Å². The van der Waals surface area contributed by atoms with Gasteiger partial charge in [-0.25, -0.2) is 0 Å². The van der Waals surface area contributed by atoms with E-state index in [2.05, 4.69) is 0 Å². The van der Waals surface area contributed by atoms with E-state index in [9.17, 15) is 0 Å². The molecule has 0 aliphatic carbocycles. The molecule has 4 heteroatoms. The molecule has 0 bridgehead atoms. The smallest absolute Gasteiger partial charge is 0 e. The Labute approximate surface area is 85.3 Å². The zero-order valence-corrected chi connectivity index (χ0v) is 11.0. The second-order valence-electron chi connectivity index (χ2n) is 0. The van der Waals surface area contributed by atoms with Crippen LogP contribution in [0.5, 0.6) is 0 Å². The van der Waals surface area contributed by atoms with E-state index >= 15 is 0 Å². The fraction of sp³-hybridized carbons (Fsp3) is 0. The van der Waals surface area contributed by atoms with Gasteiger partial charge in [0, 0.05) is 62.9 Å². The van der Waals surface area contributed by atoms with E-state index in [1.165, 1.54) is 0 Å². The summed E-state index contributed by atoms with van der Waals surface area (Å²) in [4.78, 5) is 0. The van der Waals surface area contributed by atoms with Gasteiger partial charge < -0.3 is 0 Å². The molecule has 0 aromatic carbocycles. The predicted octanol–water partition coefficient (Wildman–Crippen LogP) is -0.924. The van der Waals surface area contributed by atoms with E-state index in [0.717, 1.165) is 0 Å². The molecule has 0 fully saturated rings. The quantitative estimate of drug-likeness (QED) is 0.507. The molecule has 4 heavy (non-hydrogen) atoms. The molecular formula is H2RuSnTi2. The van der Waals surface area contributed by atoms with Crippen LogP contribution in [0, 0.1) is 0 Å². The average Bonchev–Trinajstić information content (AvgIpc) is 0. The summed E-state index contributed by atoms with van der Waals surface area (Å²) in [7, 11) is 0. The fourth-order valence-electron chi connectivity index (χ4n) is 0. The van der Waals surface area contributed by atoms with Crippen LogP contribution in [0.2, 0.25) is 0 Å². The van der Waals surface area contributed by atoms with Crippen LogP contribution < -0.4 is 0 Å². The molecule has 22 valence electrons. The molecule has 0 aromatic heterocycles.